The van der Waals surface area contributed by atoms with Gasteiger partial charge in [-0.3, -0.25) is 14.4 Å². The number of carbonyl (C=O) groups is 3. The fourth-order valence-electron chi connectivity index (χ4n) is 4.97. The quantitative estimate of drug-likeness (QED) is 0.653. The third-order valence-electron chi connectivity index (χ3n) is 7.09. The third kappa shape index (κ3) is 3.34. The number of carbonyl (C=O) groups excluding carboxylic acids is 3. The molecule has 2 aromatic rings. The number of nitrogens with one attached hydrogen (secondary N) is 1. The molecule has 3 amide bonds. The Morgan fingerprint density at radius 1 is 1.23 bits per heavy atom. The average Bonchev–Trinajstić information content (AvgIpc) is 3.38. The van der Waals surface area contributed by atoms with Gasteiger partial charge in [0.05, 0.1) is 6.20 Å². The van der Waals surface area contributed by atoms with Crippen LogP contribution >= 0.6 is 0 Å². The average molecular weight is 426 g/mol. The molecule has 3 aliphatic rings. The number of aromatic nitrogens is 3. The zero-order valence-electron chi connectivity index (χ0n) is 17.2. The topological polar surface area (TPSA) is 132 Å². The molecule has 1 aliphatic carbocycles. The van der Waals surface area contributed by atoms with Gasteiger partial charge >= 0.3 is 0 Å². The second-order valence-electron chi connectivity index (χ2n) is 9.01. The van der Waals surface area contributed by atoms with E-state index in [0.717, 1.165) is 19.3 Å². The van der Waals surface area contributed by atoms with Gasteiger partial charge in [0.1, 0.15) is 11.0 Å². The van der Waals surface area contributed by atoms with E-state index < -0.39 is 11.3 Å². The lowest BCUT2D eigenvalue weighted by atomic mass is 9.78. The summed E-state index contributed by atoms with van der Waals surface area (Å²) < 4.78 is 7.12. The highest BCUT2D eigenvalue weighted by atomic mass is 16.5. The van der Waals surface area contributed by atoms with Crippen molar-refractivity contribution < 1.29 is 19.1 Å². The first-order valence-electron chi connectivity index (χ1n) is 10.7. The summed E-state index contributed by atoms with van der Waals surface area (Å²) in [6, 6.07) is 1.57. The lowest BCUT2D eigenvalue weighted by molar-refractivity contribution is -0.135. The Morgan fingerprint density at radius 2 is 2.00 bits per heavy atom. The van der Waals surface area contributed by atoms with Crippen molar-refractivity contribution in [1.29, 1.82) is 0 Å². The van der Waals surface area contributed by atoms with E-state index >= 15 is 0 Å². The van der Waals surface area contributed by atoms with Crippen LogP contribution in [0, 0.1) is 10.8 Å². The summed E-state index contributed by atoms with van der Waals surface area (Å²) in [5.74, 6) is -1.06. The maximum Gasteiger partial charge on any atom is 0.259 e. The molecule has 31 heavy (non-hydrogen) atoms. The molecule has 3 N–H and O–H groups in total. The molecule has 2 aliphatic heterocycles. The minimum absolute atomic E-state index is 0.0271. The first-order valence-corrected chi connectivity index (χ1v) is 10.7. The van der Waals surface area contributed by atoms with Crippen molar-refractivity contribution in [2.75, 3.05) is 26.3 Å². The van der Waals surface area contributed by atoms with Gasteiger partial charge in [-0.1, -0.05) is 0 Å². The van der Waals surface area contributed by atoms with Crippen molar-refractivity contribution in [3.05, 3.63) is 30.2 Å². The van der Waals surface area contributed by atoms with Crippen LogP contribution in [-0.4, -0.2) is 69.6 Å². The van der Waals surface area contributed by atoms with Crippen molar-refractivity contribution in [3.8, 4) is 0 Å². The van der Waals surface area contributed by atoms with Crippen LogP contribution in [0.2, 0.25) is 0 Å². The van der Waals surface area contributed by atoms with Crippen LogP contribution in [0.25, 0.3) is 5.65 Å². The van der Waals surface area contributed by atoms with Crippen LogP contribution in [0.15, 0.2) is 24.7 Å². The van der Waals surface area contributed by atoms with E-state index in [4.69, 9.17) is 10.5 Å². The summed E-state index contributed by atoms with van der Waals surface area (Å²) in [6.45, 7) is 2.23. The van der Waals surface area contributed by atoms with Gasteiger partial charge < -0.3 is 20.7 Å². The molecule has 1 atom stereocenters. The first-order chi connectivity index (χ1) is 14.9. The first kappa shape index (κ1) is 19.9. The Hall–Kier alpha value is -3.01. The van der Waals surface area contributed by atoms with Gasteiger partial charge in [0, 0.05) is 44.7 Å². The molecule has 10 heteroatoms. The van der Waals surface area contributed by atoms with Crippen LogP contribution in [-0.2, 0) is 14.3 Å². The van der Waals surface area contributed by atoms with Gasteiger partial charge in [0.2, 0.25) is 11.8 Å². The SMILES string of the molecule is NC(=O)C1(C(=O)NCC2CC3(CCOCC3)CN2C(=O)c2cnn3cccnc23)CC1. The number of rotatable bonds is 5. The highest BCUT2D eigenvalue weighted by molar-refractivity contribution is 6.07. The molecular formula is C21H26N6O4. The second kappa shape index (κ2) is 7.30. The molecular weight excluding hydrogens is 400 g/mol. The largest absolute Gasteiger partial charge is 0.381 e. The van der Waals surface area contributed by atoms with Crippen molar-refractivity contribution in [3.63, 3.8) is 0 Å². The second-order valence-corrected chi connectivity index (χ2v) is 9.01. The van der Waals surface area contributed by atoms with E-state index in [9.17, 15) is 14.4 Å². The van der Waals surface area contributed by atoms with Gasteiger partial charge in [0.25, 0.3) is 5.91 Å². The monoisotopic (exact) mass is 426 g/mol. The standard InChI is InChI=1S/C21H26N6O4/c22-18(29)21(2-3-21)19(30)24-11-14-10-20(4-8-31-9-5-20)13-26(14)17(28)15-12-25-27-7-1-6-23-16(15)27/h1,6-7,12,14H,2-5,8-11,13H2,(H2,22,29)(H,24,30). The van der Waals surface area contributed by atoms with Crippen LogP contribution < -0.4 is 11.1 Å². The summed E-state index contributed by atoms with van der Waals surface area (Å²) in [5, 5.41) is 7.14. The number of hydrogen-bond donors (Lipinski definition) is 2. The predicted octanol–water partition coefficient (Wildman–Crippen LogP) is 0.122. The molecule has 2 aromatic heterocycles. The number of nitrogens with zero attached hydrogens (tertiary/aromatic N) is 4. The predicted molar refractivity (Wildman–Crippen MR) is 109 cm³/mol. The molecule has 0 radical (unpaired) electrons. The lowest BCUT2D eigenvalue weighted by Gasteiger charge is -2.32. The van der Waals surface area contributed by atoms with Gasteiger partial charge in [-0.05, 0) is 43.6 Å². The molecule has 5 rings (SSSR count). The normalized spacial score (nSPS) is 23.7. The van der Waals surface area contributed by atoms with E-state index in [1.807, 2.05) is 4.90 Å². The van der Waals surface area contributed by atoms with Gasteiger partial charge in [0.15, 0.2) is 5.65 Å². The number of likely N-dealkylation sites (tertiary alicyclic amines) is 1. The van der Waals surface area contributed by atoms with E-state index in [0.29, 0.717) is 43.8 Å². The van der Waals surface area contributed by atoms with Crippen molar-refractivity contribution in [2.24, 2.45) is 16.6 Å². The van der Waals surface area contributed by atoms with Crippen LogP contribution in [0.4, 0.5) is 0 Å². The minimum Gasteiger partial charge on any atom is -0.381 e. The smallest absolute Gasteiger partial charge is 0.259 e. The zero-order valence-corrected chi connectivity index (χ0v) is 17.2. The van der Waals surface area contributed by atoms with Crippen molar-refractivity contribution in [2.45, 2.75) is 38.1 Å². The van der Waals surface area contributed by atoms with Crippen LogP contribution in [0.5, 0.6) is 0 Å². The Kier molecular flexibility index (Phi) is 4.69. The molecule has 0 bridgehead atoms. The highest BCUT2D eigenvalue weighted by Gasteiger charge is 2.56. The number of amides is 3. The molecule has 1 unspecified atom stereocenters. The summed E-state index contributed by atoms with van der Waals surface area (Å²) in [6.07, 6.45) is 8.42. The maximum atomic E-state index is 13.5. The molecule has 4 heterocycles. The Morgan fingerprint density at radius 3 is 2.71 bits per heavy atom. The van der Waals surface area contributed by atoms with Gasteiger partial charge in [-0.25, -0.2) is 9.50 Å². The maximum absolute atomic E-state index is 13.5. The summed E-state index contributed by atoms with van der Waals surface area (Å²) in [7, 11) is 0. The fraction of sp³-hybridized carbons (Fsp3) is 0.571. The van der Waals surface area contributed by atoms with E-state index in [1.165, 1.54) is 0 Å². The van der Waals surface area contributed by atoms with Crippen molar-refractivity contribution in [1.82, 2.24) is 24.8 Å². The fourth-order valence-corrected chi connectivity index (χ4v) is 4.97. The van der Waals surface area contributed by atoms with E-state index in [2.05, 4.69) is 15.4 Å². The van der Waals surface area contributed by atoms with E-state index in [1.54, 1.807) is 29.2 Å². The summed E-state index contributed by atoms with van der Waals surface area (Å²) in [5.41, 5.74) is 5.28. The molecule has 3 fully saturated rings. The number of hydrogen-bond acceptors (Lipinski definition) is 6. The Bertz CT molecular complexity index is 1040. The lowest BCUT2D eigenvalue weighted by Crippen LogP contribution is -2.47. The number of fused-ring (bicyclic) bond motifs is 1. The molecule has 1 saturated carbocycles. The highest BCUT2D eigenvalue weighted by Crippen LogP contribution is 2.46. The molecule has 164 valence electrons. The Labute approximate surface area is 179 Å². The summed E-state index contributed by atoms with van der Waals surface area (Å²) in [4.78, 5) is 44.0. The molecule has 1 spiro atoms. The van der Waals surface area contributed by atoms with Gasteiger partial charge in [-0.2, -0.15) is 5.10 Å². The molecule has 10 nitrogen and oxygen atoms in total. The molecule has 2 saturated heterocycles. The Balaban J connectivity index is 1.38. The van der Waals surface area contributed by atoms with Crippen LogP contribution in [0.1, 0.15) is 42.5 Å². The number of nitrogens with two attached hydrogens (primary N) is 1. The van der Waals surface area contributed by atoms with Gasteiger partial charge in [-0.15, -0.1) is 0 Å². The number of primary amides is 1. The van der Waals surface area contributed by atoms with Crippen LogP contribution in [0.3, 0.4) is 0 Å². The third-order valence-corrected chi connectivity index (χ3v) is 7.09. The minimum atomic E-state index is -1.07. The van der Waals surface area contributed by atoms with E-state index in [-0.39, 0.29) is 29.8 Å². The zero-order chi connectivity index (χ0) is 21.6. The number of ether oxygens (including phenoxy) is 1. The van der Waals surface area contributed by atoms with Crippen molar-refractivity contribution >= 4 is 23.4 Å². The molecule has 0 aromatic carbocycles. The summed E-state index contributed by atoms with van der Waals surface area (Å²) >= 11 is 0.